The van der Waals surface area contributed by atoms with Crippen molar-refractivity contribution < 1.29 is 28.3 Å². The molecule has 132 valence electrons. The van der Waals surface area contributed by atoms with Gasteiger partial charge in [0.2, 0.25) is 0 Å². The molecule has 2 N–H and O–H groups in total. The number of rotatable bonds is 7. The highest BCUT2D eigenvalue weighted by atomic mass is 35.5. The van der Waals surface area contributed by atoms with E-state index >= 15 is 0 Å². The molecule has 2 aromatic rings. The topological polar surface area (TPSA) is 107 Å². The lowest BCUT2D eigenvalue weighted by Crippen LogP contribution is -2.41. The molecule has 1 aromatic carbocycles. The van der Waals surface area contributed by atoms with Gasteiger partial charge in [-0.3, -0.25) is 10.1 Å². The van der Waals surface area contributed by atoms with Gasteiger partial charge in [-0.05, 0) is 24.3 Å². The van der Waals surface area contributed by atoms with E-state index in [0.717, 1.165) is 0 Å². The van der Waals surface area contributed by atoms with Crippen LogP contribution in [0.25, 0.3) is 0 Å². The molecule has 0 saturated carbocycles. The molecule has 25 heavy (non-hydrogen) atoms. The van der Waals surface area contributed by atoms with E-state index in [-0.39, 0.29) is 6.54 Å². The Hall–Kier alpha value is -3.00. The van der Waals surface area contributed by atoms with Gasteiger partial charge in [-0.25, -0.2) is 9.59 Å². The molecule has 2 rings (SSSR count). The molecule has 0 unspecified atom stereocenters. The minimum absolute atomic E-state index is 0.123. The van der Waals surface area contributed by atoms with E-state index in [1.807, 2.05) is 5.32 Å². The number of urea groups is 1. The van der Waals surface area contributed by atoms with Gasteiger partial charge in [-0.2, -0.15) is 0 Å². The second-order valence-corrected chi connectivity index (χ2v) is 5.10. The number of carbonyl (C=O) groups excluding carboxylic acids is 3. The van der Waals surface area contributed by atoms with E-state index in [4.69, 9.17) is 25.5 Å². The van der Waals surface area contributed by atoms with E-state index < -0.39 is 31.1 Å². The molecular formula is C16H15ClN2O6. The number of para-hydroxylation sites is 1. The Morgan fingerprint density at radius 3 is 2.60 bits per heavy atom. The van der Waals surface area contributed by atoms with Crippen molar-refractivity contribution in [2.24, 2.45) is 0 Å². The normalized spacial score (nSPS) is 9.96. The molecule has 8 nitrogen and oxygen atoms in total. The van der Waals surface area contributed by atoms with Crippen LogP contribution in [0.2, 0.25) is 5.02 Å². The smallest absolute Gasteiger partial charge is 0.344 e. The van der Waals surface area contributed by atoms with E-state index in [1.54, 1.807) is 36.4 Å². The summed E-state index contributed by atoms with van der Waals surface area (Å²) >= 11 is 5.87. The van der Waals surface area contributed by atoms with E-state index in [1.165, 1.54) is 6.26 Å². The van der Waals surface area contributed by atoms with Crippen molar-refractivity contribution in [1.82, 2.24) is 10.6 Å². The van der Waals surface area contributed by atoms with Crippen molar-refractivity contribution in [3.05, 3.63) is 53.4 Å². The fraction of sp³-hybridized carbons (Fsp3) is 0.188. The number of nitrogens with one attached hydrogen (secondary N) is 2. The third-order valence-electron chi connectivity index (χ3n) is 2.80. The first-order chi connectivity index (χ1) is 12.0. The van der Waals surface area contributed by atoms with Gasteiger partial charge in [0.05, 0.1) is 17.8 Å². The summed E-state index contributed by atoms with van der Waals surface area (Å²) in [6.07, 6.45) is 1.46. The SMILES string of the molecule is O=C(COC(=O)COc1ccccc1Cl)NC(=O)NCc1ccco1. The fourth-order valence-electron chi connectivity index (χ4n) is 1.67. The molecule has 0 radical (unpaired) electrons. The van der Waals surface area contributed by atoms with Crippen molar-refractivity contribution in [2.75, 3.05) is 13.2 Å². The minimum atomic E-state index is -0.775. The molecule has 0 fully saturated rings. The lowest BCUT2D eigenvalue weighted by atomic mass is 10.3. The number of carbonyl (C=O) groups is 3. The highest BCUT2D eigenvalue weighted by molar-refractivity contribution is 6.32. The van der Waals surface area contributed by atoms with Crippen molar-refractivity contribution in [1.29, 1.82) is 0 Å². The Morgan fingerprint density at radius 1 is 1.08 bits per heavy atom. The van der Waals surface area contributed by atoms with Gasteiger partial charge in [0, 0.05) is 0 Å². The average Bonchev–Trinajstić information content (AvgIpc) is 3.11. The zero-order chi connectivity index (χ0) is 18.1. The van der Waals surface area contributed by atoms with Crippen molar-refractivity contribution in [3.63, 3.8) is 0 Å². The van der Waals surface area contributed by atoms with Crippen LogP contribution in [0.4, 0.5) is 4.79 Å². The van der Waals surface area contributed by atoms with Gasteiger partial charge in [0.15, 0.2) is 13.2 Å². The third kappa shape index (κ3) is 6.56. The lowest BCUT2D eigenvalue weighted by molar-refractivity contribution is -0.150. The molecule has 1 aromatic heterocycles. The Bertz CT molecular complexity index is 732. The highest BCUT2D eigenvalue weighted by Crippen LogP contribution is 2.22. The number of ether oxygens (including phenoxy) is 2. The zero-order valence-corrected chi connectivity index (χ0v) is 13.7. The van der Waals surface area contributed by atoms with E-state index in [9.17, 15) is 14.4 Å². The highest BCUT2D eigenvalue weighted by Gasteiger charge is 2.12. The Labute approximate surface area is 148 Å². The minimum Gasteiger partial charge on any atom is -0.480 e. The second-order valence-electron chi connectivity index (χ2n) is 4.69. The van der Waals surface area contributed by atoms with Gasteiger partial charge in [-0.15, -0.1) is 0 Å². The number of hydrogen-bond acceptors (Lipinski definition) is 6. The van der Waals surface area contributed by atoms with Crippen LogP contribution >= 0.6 is 11.6 Å². The summed E-state index contributed by atoms with van der Waals surface area (Å²) in [5.74, 6) is -0.692. The Balaban J connectivity index is 1.62. The molecular weight excluding hydrogens is 352 g/mol. The maximum atomic E-state index is 11.5. The predicted octanol–water partition coefficient (Wildman–Crippen LogP) is 1.88. The number of hydrogen-bond donors (Lipinski definition) is 2. The molecule has 0 aliphatic carbocycles. The quantitative estimate of drug-likeness (QED) is 0.724. The maximum absolute atomic E-state index is 11.5. The fourth-order valence-corrected chi connectivity index (χ4v) is 1.86. The number of benzene rings is 1. The van der Waals surface area contributed by atoms with Crippen LogP contribution in [0, 0.1) is 0 Å². The number of furan rings is 1. The van der Waals surface area contributed by atoms with E-state index in [2.05, 4.69) is 5.32 Å². The Morgan fingerprint density at radius 2 is 1.88 bits per heavy atom. The van der Waals surface area contributed by atoms with Gasteiger partial charge in [0.1, 0.15) is 11.5 Å². The molecule has 0 aliphatic heterocycles. The van der Waals surface area contributed by atoms with Crippen LogP contribution < -0.4 is 15.4 Å². The van der Waals surface area contributed by atoms with Crippen molar-refractivity contribution >= 4 is 29.5 Å². The van der Waals surface area contributed by atoms with Crippen LogP contribution in [0.5, 0.6) is 5.75 Å². The van der Waals surface area contributed by atoms with Crippen LogP contribution in [0.3, 0.4) is 0 Å². The summed E-state index contributed by atoms with van der Waals surface area (Å²) in [5.41, 5.74) is 0. The van der Waals surface area contributed by atoms with Gasteiger partial charge in [-0.1, -0.05) is 23.7 Å². The first-order valence-electron chi connectivity index (χ1n) is 7.17. The number of esters is 1. The lowest BCUT2D eigenvalue weighted by Gasteiger charge is -2.08. The maximum Gasteiger partial charge on any atom is 0.344 e. The van der Waals surface area contributed by atoms with Crippen LogP contribution in [-0.4, -0.2) is 31.1 Å². The van der Waals surface area contributed by atoms with Gasteiger partial charge in [0.25, 0.3) is 5.91 Å². The predicted molar refractivity (Wildman–Crippen MR) is 87.0 cm³/mol. The summed E-state index contributed by atoms with van der Waals surface area (Å²) in [7, 11) is 0. The second kappa shape index (κ2) is 9.33. The largest absolute Gasteiger partial charge is 0.480 e. The first kappa shape index (κ1) is 18.3. The summed E-state index contributed by atoms with van der Waals surface area (Å²) in [6, 6.07) is 9.22. The number of amides is 3. The molecule has 0 saturated heterocycles. The van der Waals surface area contributed by atoms with Gasteiger partial charge < -0.3 is 19.2 Å². The molecule has 9 heteroatoms. The standard InChI is InChI=1S/C16H15ClN2O6/c17-12-5-1-2-6-13(12)24-10-15(21)25-9-14(20)19-16(22)18-8-11-4-3-7-23-11/h1-7H,8-10H2,(H2,18,19,20,22). The van der Waals surface area contributed by atoms with Crippen LogP contribution in [-0.2, 0) is 20.9 Å². The third-order valence-corrected chi connectivity index (χ3v) is 3.11. The molecule has 0 atom stereocenters. The monoisotopic (exact) mass is 366 g/mol. The number of imide groups is 1. The van der Waals surface area contributed by atoms with Crippen LogP contribution in [0.15, 0.2) is 47.1 Å². The Kier molecular flexibility index (Phi) is 6.85. The first-order valence-corrected chi connectivity index (χ1v) is 7.55. The molecule has 0 spiro atoms. The van der Waals surface area contributed by atoms with Gasteiger partial charge >= 0.3 is 12.0 Å². The molecule has 0 bridgehead atoms. The summed E-state index contributed by atoms with van der Waals surface area (Å²) < 4.78 is 14.9. The zero-order valence-electron chi connectivity index (χ0n) is 13.0. The summed E-state index contributed by atoms with van der Waals surface area (Å²) in [6.45, 7) is -0.905. The molecule has 3 amide bonds. The summed E-state index contributed by atoms with van der Waals surface area (Å²) in [4.78, 5) is 34.5. The average molecular weight is 367 g/mol. The van der Waals surface area contributed by atoms with Crippen molar-refractivity contribution in [3.8, 4) is 5.75 Å². The summed E-state index contributed by atoms with van der Waals surface area (Å²) in [5, 5.41) is 4.77. The molecule has 0 aliphatic rings. The van der Waals surface area contributed by atoms with Crippen LogP contribution in [0.1, 0.15) is 5.76 Å². The molecule has 1 heterocycles. The number of halogens is 1. The van der Waals surface area contributed by atoms with Crippen molar-refractivity contribution in [2.45, 2.75) is 6.54 Å². The van der Waals surface area contributed by atoms with E-state index in [0.29, 0.717) is 16.5 Å².